The Kier molecular flexibility index (Phi) is 3.57. The lowest BCUT2D eigenvalue weighted by Gasteiger charge is -2.08. The Labute approximate surface area is 108 Å². The fourth-order valence-electron chi connectivity index (χ4n) is 1.79. The van der Waals surface area contributed by atoms with Gasteiger partial charge in [-0.15, -0.1) is 0 Å². The van der Waals surface area contributed by atoms with E-state index in [-0.39, 0.29) is 24.2 Å². The number of aryl methyl sites for hydroxylation is 1. The zero-order chi connectivity index (χ0) is 13.8. The van der Waals surface area contributed by atoms with Crippen LogP contribution in [-0.2, 0) is 11.3 Å². The van der Waals surface area contributed by atoms with Crippen LogP contribution in [0.15, 0.2) is 29.1 Å². The number of methoxy groups -OCH3 is 1. The molecule has 1 aromatic heterocycles. The van der Waals surface area contributed by atoms with Crippen molar-refractivity contribution in [2.45, 2.75) is 13.0 Å². The maximum absolute atomic E-state index is 12.1. The molecule has 0 aliphatic heterocycles. The Bertz CT molecular complexity index is 728. The van der Waals surface area contributed by atoms with E-state index in [1.54, 1.807) is 24.3 Å². The average Bonchev–Trinajstić information content (AvgIpc) is 2.46. The van der Waals surface area contributed by atoms with Gasteiger partial charge in [-0.1, -0.05) is 18.2 Å². The second-order valence-corrected chi connectivity index (χ2v) is 3.82. The first-order valence-corrected chi connectivity index (χ1v) is 5.64. The second-order valence-electron chi connectivity index (χ2n) is 3.82. The predicted molar refractivity (Wildman–Crippen MR) is 67.6 cm³/mol. The van der Waals surface area contributed by atoms with Crippen molar-refractivity contribution in [1.82, 2.24) is 9.78 Å². The molecule has 0 fully saturated rings. The van der Waals surface area contributed by atoms with Crippen LogP contribution in [0.5, 0.6) is 0 Å². The van der Waals surface area contributed by atoms with Crippen LogP contribution in [0.3, 0.4) is 0 Å². The summed E-state index contributed by atoms with van der Waals surface area (Å²) in [4.78, 5) is 23.8. The van der Waals surface area contributed by atoms with Gasteiger partial charge in [0.1, 0.15) is 0 Å². The molecule has 0 aliphatic carbocycles. The molecule has 0 unspecified atom stereocenters. The van der Waals surface area contributed by atoms with E-state index in [0.717, 1.165) is 4.68 Å². The summed E-state index contributed by atoms with van der Waals surface area (Å²) >= 11 is 0. The Hall–Kier alpha value is -2.68. The third-order valence-corrected chi connectivity index (χ3v) is 2.68. The van der Waals surface area contributed by atoms with Gasteiger partial charge in [0, 0.05) is 5.39 Å². The first kappa shape index (κ1) is 12.8. The quantitative estimate of drug-likeness (QED) is 0.768. The Morgan fingerprint density at radius 2 is 2.11 bits per heavy atom. The van der Waals surface area contributed by atoms with Crippen LogP contribution in [0.2, 0.25) is 0 Å². The minimum absolute atomic E-state index is 0.0793. The van der Waals surface area contributed by atoms with E-state index in [9.17, 15) is 9.59 Å². The number of aromatic nitrogens is 2. The molecule has 0 atom stereocenters. The molecule has 0 saturated heterocycles. The number of nitriles is 1. The van der Waals surface area contributed by atoms with Crippen molar-refractivity contribution in [1.29, 1.82) is 5.26 Å². The van der Waals surface area contributed by atoms with E-state index in [2.05, 4.69) is 9.84 Å². The van der Waals surface area contributed by atoms with Crippen molar-refractivity contribution in [2.24, 2.45) is 0 Å². The second kappa shape index (κ2) is 5.31. The molecule has 0 radical (unpaired) electrons. The number of esters is 1. The molecule has 2 rings (SSSR count). The molecule has 6 nitrogen and oxygen atoms in total. The molecule has 96 valence electrons. The normalized spacial score (nSPS) is 10.1. The maximum Gasteiger partial charge on any atom is 0.359 e. The molecule has 0 bridgehead atoms. The van der Waals surface area contributed by atoms with Crippen LogP contribution in [0.4, 0.5) is 0 Å². The highest BCUT2D eigenvalue weighted by Crippen LogP contribution is 2.13. The zero-order valence-electron chi connectivity index (χ0n) is 10.3. The van der Waals surface area contributed by atoms with Crippen LogP contribution >= 0.6 is 0 Å². The first-order valence-electron chi connectivity index (χ1n) is 5.64. The summed E-state index contributed by atoms with van der Waals surface area (Å²) in [5.41, 5.74) is -0.242. The minimum Gasteiger partial charge on any atom is -0.464 e. The van der Waals surface area contributed by atoms with Gasteiger partial charge in [0.2, 0.25) is 0 Å². The van der Waals surface area contributed by atoms with Crippen LogP contribution in [0, 0.1) is 11.3 Å². The molecule has 1 aromatic carbocycles. The number of carbonyl (C=O) groups is 1. The summed E-state index contributed by atoms with van der Waals surface area (Å²) in [7, 11) is 1.25. The van der Waals surface area contributed by atoms with Gasteiger partial charge >= 0.3 is 5.97 Å². The molecule has 19 heavy (non-hydrogen) atoms. The molecule has 2 aromatic rings. The number of rotatable bonds is 3. The van der Waals surface area contributed by atoms with Crippen molar-refractivity contribution < 1.29 is 9.53 Å². The van der Waals surface area contributed by atoms with Crippen LogP contribution in [-0.4, -0.2) is 22.9 Å². The van der Waals surface area contributed by atoms with Crippen LogP contribution < -0.4 is 5.56 Å². The van der Waals surface area contributed by atoms with Crippen molar-refractivity contribution in [3.05, 3.63) is 40.3 Å². The molecular formula is C13H11N3O3. The summed E-state index contributed by atoms with van der Waals surface area (Å²) in [6, 6.07) is 8.63. The zero-order valence-corrected chi connectivity index (χ0v) is 10.3. The van der Waals surface area contributed by atoms with Crippen molar-refractivity contribution >= 4 is 16.7 Å². The Morgan fingerprint density at radius 1 is 1.42 bits per heavy atom. The topological polar surface area (TPSA) is 85.0 Å². The fourth-order valence-corrected chi connectivity index (χ4v) is 1.79. The van der Waals surface area contributed by atoms with Gasteiger partial charge in [-0.25, -0.2) is 9.48 Å². The summed E-state index contributed by atoms with van der Waals surface area (Å²) in [6.45, 7) is 0.143. The number of fused-ring (bicyclic) bond motifs is 1. The Morgan fingerprint density at radius 3 is 2.74 bits per heavy atom. The lowest BCUT2D eigenvalue weighted by molar-refractivity contribution is 0.0593. The smallest absolute Gasteiger partial charge is 0.359 e. The maximum atomic E-state index is 12.1. The monoisotopic (exact) mass is 257 g/mol. The third-order valence-electron chi connectivity index (χ3n) is 2.68. The van der Waals surface area contributed by atoms with Gasteiger partial charge in [-0.3, -0.25) is 4.79 Å². The lowest BCUT2D eigenvalue weighted by atomic mass is 10.1. The number of ether oxygens (including phenoxy) is 1. The van der Waals surface area contributed by atoms with Gasteiger partial charge in [-0.2, -0.15) is 10.4 Å². The highest BCUT2D eigenvalue weighted by Gasteiger charge is 2.16. The number of carbonyl (C=O) groups excluding carboxylic acids is 1. The summed E-state index contributed by atoms with van der Waals surface area (Å²) in [5.74, 6) is -0.609. The summed E-state index contributed by atoms with van der Waals surface area (Å²) in [6.07, 6.45) is 0.145. The molecule has 1 heterocycles. The van der Waals surface area contributed by atoms with E-state index < -0.39 is 5.97 Å². The molecule has 6 heteroatoms. The van der Waals surface area contributed by atoms with Gasteiger partial charge in [0.15, 0.2) is 5.69 Å². The SMILES string of the molecule is COC(=O)c1nn(CCC#N)c(=O)c2ccccc12. The van der Waals surface area contributed by atoms with Crippen LogP contribution in [0.1, 0.15) is 16.9 Å². The number of nitrogens with zero attached hydrogens (tertiary/aromatic N) is 3. The number of benzene rings is 1. The first-order chi connectivity index (χ1) is 9.19. The highest BCUT2D eigenvalue weighted by molar-refractivity contribution is 6.01. The lowest BCUT2D eigenvalue weighted by Crippen LogP contribution is -2.26. The van der Waals surface area contributed by atoms with E-state index in [4.69, 9.17) is 5.26 Å². The van der Waals surface area contributed by atoms with Crippen molar-refractivity contribution in [3.8, 4) is 6.07 Å². The molecule has 0 N–H and O–H groups in total. The Balaban J connectivity index is 2.73. The van der Waals surface area contributed by atoms with Gasteiger partial charge in [0.05, 0.1) is 31.5 Å². The molecular weight excluding hydrogens is 246 g/mol. The van der Waals surface area contributed by atoms with Gasteiger partial charge < -0.3 is 4.74 Å². The van der Waals surface area contributed by atoms with E-state index in [1.807, 2.05) is 6.07 Å². The van der Waals surface area contributed by atoms with Crippen molar-refractivity contribution in [3.63, 3.8) is 0 Å². The van der Waals surface area contributed by atoms with Crippen molar-refractivity contribution in [2.75, 3.05) is 7.11 Å². The van der Waals surface area contributed by atoms with Gasteiger partial charge in [0.25, 0.3) is 5.56 Å². The van der Waals surface area contributed by atoms with E-state index in [1.165, 1.54) is 7.11 Å². The molecule has 0 spiro atoms. The number of hydrogen-bond donors (Lipinski definition) is 0. The fraction of sp³-hybridized carbons (Fsp3) is 0.231. The number of hydrogen-bond acceptors (Lipinski definition) is 5. The summed E-state index contributed by atoms with van der Waals surface area (Å²) < 4.78 is 5.78. The predicted octanol–water partition coefficient (Wildman–Crippen LogP) is 1.10. The minimum atomic E-state index is -0.609. The third kappa shape index (κ3) is 2.31. The average molecular weight is 257 g/mol. The highest BCUT2D eigenvalue weighted by atomic mass is 16.5. The van der Waals surface area contributed by atoms with Gasteiger partial charge in [-0.05, 0) is 6.07 Å². The molecule has 0 amide bonds. The largest absolute Gasteiger partial charge is 0.464 e. The van der Waals surface area contributed by atoms with E-state index in [0.29, 0.717) is 10.8 Å². The molecule has 0 saturated carbocycles. The van der Waals surface area contributed by atoms with Crippen LogP contribution in [0.25, 0.3) is 10.8 Å². The standard InChI is InChI=1S/C13H11N3O3/c1-19-13(18)11-9-5-2-3-6-10(9)12(17)16(15-11)8-4-7-14/h2-3,5-6H,4,8H2,1H3. The summed E-state index contributed by atoms with van der Waals surface area (Å²) in [5, 5.41) is 13.4. The molecule has 0 aliphatic rings. The van der Waals surface area contributed by atoms with E-state index >= 15 is 0 Å².